The number of imidazole rings is 1. The molecule has 1 amide bonds. The van der Waals surface area contributed by atoms with Gasteiger partial charge in [-0.2, -0.15) is 0 Å². The van der Waals surface area contributed by atoms with E-state index in [0.29, 0.717) is 5.16 Å². The van der Waals surface area contributed by atoms with E-state index in [0.717, 1.165) is 17.5 Å². The lowest BCUT2D eigenvalue weighted by Crippen LogP contribution is -2.35. The molecule has 0 spiro atoms. The highest BCUT2D eigenvalue weighted by Crippen LogP contribution is 2.21. The number of amides is 1. The Hall–Kier alpha value is -1.50. The first-order chi connectivity index (χ1) is 8.81. The van der Waals surface area contributed by atoms with E-state index in [1.165, 1.54) is 0 Å². The number of carbonyl (C=O) groups excluding carboxylic acids is 1. The van der Waals surface area contributed by atoms with Crippen LogP contribution in [0.3, 0.4) is 0 Å². The lowest BCUT2D eigenvalue weighted by Gasteiger charge is -2.17. The molecule has 0 aliphatic heterocycles. The number of hydrogen-bond acceptors (Lipinski definition) is 4. The molecule has 0 aromatic carbocycles. The van der Waals surface area contributed by atoms with Gasteiger partial charge in [0.25, 0.3) is 0 Å². The highest BCUT2D eigenvalue weighted by molar-refractivity contribution is 7.99. The van der Waals surface area contributed by atoms with Crippen LogP contribution in [0.25, 0.3) is 0 Å². The van der Waals surface area contributed by atoms with Crippen LogP contribution in [0.2, 0.25) is 0 Å². The Morgan fingerprint density at radius 3 is 2.63 bits per heavy atom. The predicted molar refractivity (Wildman–Crippen MR) is 73.3 cm³/mol. The second kappa shape index (κ2) is 6.60. The van der Waals surface area contributed by atoms with E-state index in [-0.39, 0.29) is 17.7 Å². The van der Waals surface area contributed by atoms with Gasteiger partial charge in [0.15, 0.2) is 5.16 Å². The number of nitrogens with one attached hydrogen (secondary N) is 1. The first-order valence-corrected chi connectivity index (χ1v) is 7.00. The van der Waals surface area contributed by atoms with Crippen molar-refractivity contribution >= 4 is 23.6 Å². The minimum atomic E-state index is -0.906. The van der Waals surface area contributed by atoms with E-state index in [2.05, 4.69) is 10.3 Å². The minimum absolute atomic E-state index is 0.0645. The van der Waals surface area contributed by atoms with Crippen molar-refractivity contribution in [2.24, 2.45) is 0 Å². The Morgan fingerprint density at radius 2 is 2.11 bits per heavy atom. The molecule has 7 heteroatoms. The van der Waals surface area contributed by atoms with Gasteiger partial charge in [0, 0.05) is 12.2 Å². The Labute approximate surface area is 116 Å². The molecule has 1 atom stereocenters. The average molecular weight is 285 g/mol. The van der Waals surface area contributed by atoms with Crippen molar-refractivity contribution in [2.45, 2.75) is 44.9 Å². The maximum absolute atomic E-state index is 12.0. The van der Waals surface area contributed by atoms with Crippen LogP contribution in [0, 0.1) is 6.92 Å². The van der Waals surface area contributed by atoms with Crippen molar-refractivity contribution in [3.05, 3.63) is 11.9 Å². The molecule has 1 unspecified atom stereocenters. The number of carbonyl (C=O) groups is 2. The number of thioether (sulfide) groups is 1. The monoisotopic (exact) mass is 285 g/mol. The first-order valence-electron chi connectivity index (χ1n) is 6.01. The van der Waals surface area contributed by atoms with Crippen molar-refractivity contribution in [2.75, 3.05) is 5.75 Å². The molecule has 0 saturated carbocycles. The van der Waals surface area contributed by atoms with Crippen LogP contribution in [-0.2, 0) is 9.59 Å². The quantitative estimate of drug-likeness (QED) is 0.773. The smallest absolute Gasteiger partial charge is 0.313 e. The summed E-state index contributed by atoms with van der Waals surface area (Å²) >= 11 is 1.11. The van der Waals surface area contributed by atoms with E-state index in [4.69, 9.17) is 5.11 Å². The van der Waals surface area contributed by atoms with Crippen molar-refractivity contribution in [3.63, 3.8) is 0 Å². The molecule has 0 aliphatic rings. The van der Waals surface area contributed by atoms with Gasteiger partial charge >= 0.3 is 5.97 Å². The fourth-order valence-electron chi connectivity index (χ4n) is 1.54. The molecule has 6 nitrogen and oxygen atoms in total. The molecule has 1 aromatic rings. The van der Waals surface area contributed by atoms with Gasteiger partial charge in [0.05, 0.1) is 11.4 Å². The summed E-state index contributed by atoms with van der Waals surface area (Å²) in [6, 6.07) is -0.352. The Kier molecular flexibility index (Phi) is 5.41. The molecule has 19 heavy (non-hydrogen) atoms. The molecular weight excluding hydrogens is 266 g/mol. The first kappa shape index (κ1) is 15.6. The number of carboxylic acid groups (broad SMARTS) is 1. The fraction of sp³-hybridized carbons (Fsp3) is 0.583. The average Bonchev–Trinajstić information content (AvgIpc) is 2.65. The summed E-state index contributed by atoms with van der Waals surface area (Å²) in [6.45, 7) is 7.37. The second-order valence-corrected chi connectivity index (χ2v) is 5.54. The molecule has 0 fully saturated rings. The third-order valence-corrected chi connectivity index (χ3v) is 3.32. The molecule has 0 saturated heterocycles. The molecule has 1 aromatic heterocycles. The summed E-state index contributed by atoms with van der Waals surface area (Å²) in [5.41, 5.74) is 0.761. The van der Waals surface area contributed by atoms with Gasteiger partial charge in [-0.25, -0.2) is 4.98 Å². The van der Waals surface area contributed by atoms with E-state index in [1.54, 1.807) is 17.7 Å². The predicted octanol–water partition coefficient (Wildman–Crippen LogP) is 1.45. The van der Waals surface area contributed by atoms with E-state index in [1.807, 2.05) is 20.8 Å². The summed E-state index contributed by atoms with van der Waals surface area (Å²) in [7, 11) is 0. The van der Waals surface area contributed by atoms with Gasteiger partial charge in [-0.1, -0.05) is 11.8 Å². The molecule has 0 aliphatic carbocycles. The lowest BCUT2D eigenvalue weighted by atomic mass is 10.3. The molecule has 106 valence electrons. The highest BCUT2D eigenvalue weighted by Gasteiger charge is 2.20. The number of aliphatic carboxylic acids is 1. The summed E-state index contributed by atoms with van der Waals surface area (Å²) in [6.07, 6.45) is 1.76. The van der Waals surface area contributed by atoms with Gasteiger partial charge in [0.1, 0.15) is 6.04 Å². The van der Waals surface area contributed by atoms with E-state index < -0.39 is 12.0 Å². The van der Waals surface area contributed by atoms with Crippen molar-refractivity contribution in [1.82, 2.24) is 14.9 Å². The van der Waals surface area contributed by atoms with Gasteiger partial charge in [-0.05, 0) is 27.7 Å². The summed E-state index contributed by atoms with van der Waals surface area (Å²) in [4.78, 5) is 26.8. The fourth-order valence-corrected chi connectivity index (χ4v) is 2.36. The summed E-state index contributed by atoms with van der Waals surface area (Å²) in [5, 5.41) is 12.1. The maximum atomic E-state index is 12.0. The third-order valence-electron chi connectivity index (χ3n) is 2.37. The van der Waals surface area contributed by atoms with Crippen LogP contribution in [0.1, 0.15) is 32.5 Å². The highest BCUT2D eigenvalue weighted by atomic mass is 32.2. The number of rotatable bonds is 6. The van der Waals surface area contributed by atoms with E-state index in [9.17, 15) is 9.59 Å². The van der Waals surface area contributed by atoms with Gasteiger partial charge in [0.2, 0.25) is 5.91 Å². The van der Waals surface area contributed by atoms with Gasteiger partial charge in [-0.3, -0.25) is 9.59 Å². The van der Waals surface area contributed by atoms with E-state index >= 15 is 0 Å². The standard InChI is InChI=1S/C12H19N3O3S/c1-7(2)13-11(18)9(4)15-5-8(3)14-12(15)19-6-10(16)17/h5,7,9H,6H2,1-4H3,(H,13,18)(H,16,17). The van der Waals surface area contributed by atoms with Crippen LogP contribution < -0.4 is 5.32 Å². The van der Waals surface area contributed by atoms with Crippen LogP contribution in [0.15, 0.2) is 11.4 Å². The molecule has 1 heterocycles. The molecular formula is C12H19N3O3S. The van der Waals surface area contributed by atoms with Crippen molar-refractivity contribution < 1.29 is 14.7 Å². The molecule has 1 rings (SSSR count). The molecule has 0 radical (unpaired) electrons. The summed E-state index contributed by atoms with van der Waals surface area (Å²) < 4.78 is 1.71. The number of aromatic nitrogens is 2. The number of nitrogens with zero attached hydrogens (tertiary/aromatic N) is 2. The van der Waals surface area contributed by atoms with Crippen LogP contribution in [0.5, 0.6) is 0 Å². The topological polar surface area (TPSA) is 84.2 Å². The normalized spacial score (nSPS) is 12.5. The van der Waals surface area contributed by atoms with Gasteiger partial charge < -0.3 is 15.0 Å². The van der Waals surface area contributed by atoms with Crippen molar-refractivity contribution in [1.29, 1.82) is 0 Å². The maximum Gasteiger partial charge on any atom is 0.313 e. The van der Waals surface area contributed by atoms with Gasteiger partial charge in [-0.15, -0.1) is 0 Å². The molecule has 0 bridgehead atoms. The van der Waals surface area contributed by atoms with Crippen LogP contribution in [0.4, 0.5) is 0 Å². The SMILES string of the molecule is Cc1cn(C(C)C(=O)NC(C)C)c(SCC(=O)O)n1. The third kappa shape index (κ3) is 4.59. The summed E-state index contributed by atoms with van der Waals surface area (Å²) in [5.74, 6) is -1.09. The Balaban J connectivity index is 2.86. The zero-order valence-electron chi connectivity index (χ0n) is 11.5. The minimum Gasteiger partial charge on any atom is -0.481 e. The zero-order valence-corrected chi connectivity index (χ0v) is 12.3. The number of hydrogen-bond donors (Lipinski definition) is 2. The van der Waals surface area contributed by atoms with Crippen LogP contribution in [-0.4, -0.2) is 38.3 Å². The Morgan fingerprint density at radius 1 is 1.47 bits per heavy atom. The Bertz CT molecular complexity index is 471. The number of carboxylic acids is 1. The number of aryl methyl sites for hydroxylation is 1. The lowest BCUT2D eigenvalue weighted by molar-refractivity contribution is -0.134. The van der Waals surface area contributed by atoms with Crippen molar-refractivity contribution in [3.8, 4) is 0 Å². The largest absolute Gasteiger partial charge is 0.481 e. The second-order valence-electron chi connectivity index (χ2n) is 4.59. The van der Waals surface area contributed by atoms with Crippen LogP contribution >= 0.6 is 11.8 Å². The molecule has 2 N–H and O–H groups in total. The zero-order chi connectivity index (χ0) is 14.6.